The van der Waals surface area contributed by atoms with Crippen LogP contribution in [0.15, 0.2) is 0 Å². The molecule has 0 rings (SSSR count). The van der Waals surface area contributed by atoms with Crippen molar-refractivity contribution in [1.29, 1.82) is 0 Å². The molecule has 0 bridgehead atoms. The van der Waals surface area contributed by atoms with E-state index in [-0.39, 0.29) is 0 Å². The summed E-state index contributed by atoms with van der Waals surface area (Å²) in [6, 6.07) is 0. The van der Waals surface area contributed by atoms with Crippen LogP contribution in [0.1, 0.15) is 214 Å². The second kappa shape index (κ2) is 29.6. The van der Waals surface area contributed by atoms with E-state index >= 15 is 0 Å². The van der Waals surface area contributed by atoms with Crippen molar-refractivity contribution in [3.05, 3.63) is 0 Å². The van der Waals surface area contributed by atoms with Gasteiger partial charge < -0.3 is 0 Å². The minimum Gasteiger partial charge on any atom is -0.0654 e. The topological polar surface area (TPSA) is 0 Å². The smallest absolute Gasteiger partial charge is 0.0443 e. The summed E-state index contributed by atoms with van der Waals surface area (Å²) in [6.07, 6.45) is 41.2. The van der Waals surface area contributed by atoms with Gasteiger partial charge in [0.1, 0.15) is 0 Å². The Morgan fingerprint density at radius 3 is 0.778 bits per heavy atom. The first kappa shape index (κ1) is 36.0. The van der Waals surface area contributed by atoms with Crippen molar-refractivity contribution in [3.8, 4) is 0 Å². The molecule has 0 heteroatoms. The zero-order valence-electron chi connectivity index (χ0n) is 26.5. The summed E-state index contributed by atoms with van der Waals surface area (Å²) < 4.78 is 0. The molecule has 36 heavy (non-hydrogen) atoms. The quantitative estimate of drug-likeness (QED) is 0.0849. The van der Waals surface area contributed by atoms with Crippen molar-refractivity contribution in [2.45, 2.75) is 214 Å². The third kappa shape index (κ3) is 30.2. The van der Waals surface area contributed by atoms with Crippen molar-refractivity contribution in [2.24, 2.45) is 17.8 Å². The molecule has 0 saturated heterocycles. The van der Waals surface area contributed by atoms with E-state index in [1.165, 1.54) is 180 Å². The first-order valence-corrected chi connectivity index (χ1v) is 17.6. The summed E-state index contributed by atoms with van der Waals surface area (Å²) in [7, 11) is 0. The van der Waals surface area contributed by atoms with Crippen molar-refractivity contribution in [2.75, 3.05) is 0 Å². The molecule has 0 amide bonds. The van der Waals surface area contributed by atoms with Gasteiger partial charge in [-0.3, -0.25) is 0 Å². The maximum atomic E-state index is 2.51. The SMILES string of the molecule is CCCCCCCCCCC(C)CCCCCC(C)CCCCCCCCCCCCCCC(C)C. The summed E-state index contributed by atoms with van der Waals surface area (Å²) in [4.78, 5) is 0. The molecule has 0 aromatic rings. The standard InChI is InChI=1S/C36H74/c1-6-7-8-9-10-18-21-25-30-35(4)32-27-23-28-33-36(5)31-26-22-19-16-14-12-11-13-15-17-20-24-29-34(2)3/h34-36H,6-33H2,1-5H3. The van der Waals surface area contributed by atoms with Gasteiger partial charge in [0.15, 0.2) is 0 Å². The van der Waals surface area contributed by atoms with Gasteiger partial charge in [0, 0.05) is 0 Å². The molecule has 2 atom stereocenters. The lowest BCUT2D eigenvalue weighted by Crippen LogP contribution is -1.97. The van der Waals surface area contributed by atoms with E-state index in [1.807, 2.05) is 0 Å². The second-order valence-corrected chi connectivity index (χ2v) is 13.3. The predicted octanol–water partition coefficient (Wildman–Crippen LogP) is 13.9. The Hall–Kier alpha value is 0. The second-order valence-electron chi connectivity index (χ2n) is 13.3. The van der Waals surface area contributed by atoms with Gasteiger partial charge in [0.05, 0.1) is 0 Å². The molecular weight excluding hydrogens is 432 g/mol. The Morgan fingerprint density at radius 1 is 0.278 bits per heavy atom. The summed E-state index contributed by atoms with van der Waals surface area (Å²) in [5, 5.41) is 0. The third-order valence-electron chi connectivity index (χ3n) is 8.67. The predicted molar refractivity (Wildman–Crippen MR) is 168 cm³/mol. The zero-order valence-corrected chi connectivity index (χ0v) is 26.5. The first-order chi connectivity index (χ1) is 17.6. The fraction of sp³-hybridized carbons (Fsp3) is 1.00. The fourth-order valence-electron chi connectivity index (χ4n) is 5.89. The molecule has 0 aliphatic rings. The highest BCUT2D eigenvalue weighted by Gasteiger charge is 2.05. The van der Waals surface area contributed by atoms with E-state index < -0.39 is 0 Å². The van der Waals surface area contributed by atoms with Crippen LogP contribution in [0.25, 0.3) is 0 Å². The summed E-state index contributed by atoms with van der Waals surface area (Å²) in [5.74, 6) is 2.81. The van der Waals surface area contributed by atoms with Gasteiger partial charge in [-0.1, -0.05) is 214 Å². The van der Waals surface area contributed by atoms with Crippen LogP contribution in [0.2, 0.25) is 0 Å². The summed E-state index contributed by atoms with van der Waals surface area (Å²) >= 11 is 0. The molecule has 2 unspecified atom stereocenters. The molecule has 0 aliphatic heterocycles. The summed E-state index contributed by atoms with van der Waals surface area (Å²) in [6.45, 7) is 12.0. The van der Waals surface area contributed by atoms with Crippen molar-refractivity contribution >= 4 is 0 Å². The van der Waals surface area contributed by atoms with Crippen molar-refractivity contribution < 1.29 is 0 Å². The minimum atomic E-state index is 0.895. The Labute approximate surface area is 232 Å². The molecule has 0 N–H and O–H groups in total. The monoisotopic (exact) mass is 507 g/mol. The third-order valence-corrected chi connectivity index (χ3v) is 8.67. The van der Waals surface area contributed by atoms with Crippen LogP contribution >= 0.6 is 0 Å². The van der Waals surface area contributed by atoms with Gasteiger partial charge in [-0.2, -0.15) is 0 Å². The molecule has 0 nitrogen and oxygen atoms in total. The average molecular weight is 507 g/mol. The highest BCUT2D eigenvalue weighted by atomic mass is 14.1. The van der Waals surface area contributed by atoms with Crippen LogP contribution in [0, 0.1) is 17.8 Å². The zero-order chi connectivity index (χ0) is 26.5. The van der Waals surface area contributed by atoms with Gasteiger partial charge in [-0.15, -0.1) is 0 Å². The Balaban J connectivity index is 3.25. The average Bonchev–Trinajstić information content (AvgIpc) is 2.85. The van der Waals surface area contributed by atoms with Gasteiger partial charge in [0.25, 0.3) is 0 Å². The maximum Gasteiger partial charge on any atom is -0.0443 e. The van der Waals surface area contributed by atoms with E-state index in [1.54, 1.807) is 0 Å². The van der Waals surface area contributed by atoms with Crippen molar-refractivity contribution in [3.63, 3.8) is 0 Å². The normalized spacial score (nSPS) is 13.5. The molecule has 0 aromatic heterocycles. The van der Waals surface area contributed by atoms with E-state index in [9.17, 15) is 0 Å². The van der Waals surface area contributed by atoms with Gasteiger partial charge in [0.2, 0.25) is 0 Å². The minimum absolute atomic E-state index is 0.895. The molecular formula is C36H74. The largest absolute Gasteiger partial charge is 0.0654 e. The fourth-order valence-corrected chi connectivity index (χ4v) is 5.89. The van der Waals surface area contributed by atoms with Crippen LogP contribution in [0.3, 0.4) is 0 Å². The number of hydrogen-bond donors (Lipinski definition) is 0. The van der Waals surface area contributed by atoms with Crippen LogP contribution < -0.4 is 0 Å². The van der Waals surface area contributed by atoms with Gasteiger partial charge in [-0.25, -0.2) is 0 Å². The summed E-state index contributed by atoms with van der Waals surface area (Å²) in [5.41, 5.74) is 0. The number of hydrogen-bond acceptors (Lipinski definition) is 0. The van der Waals surface area contributed by atoms with E-state index in [4.69, 9.17) is 0 Å². The van der Waals surface area contributed by atoms with Gasteiger partial charge in [-0.05, 0) is 17.8 Å². The molecule has 0 aromatic carbocycles. The Morgan fingerprint density at radius 2 is 0.500 bits per heavy atom. The highest BCUT2D eigenvalue weighted by molar-refractivity contribution is 4.59. The van der Waals surface area contributed by atoms with Crippen LogP contribution in [-0.4, -0.2) is 0 Å². The molecule has 0 radical (unpaired) electrons. The maximum absolute atomic E-state index is 2.51. The lowest BCUT2D eigenvalue weighted by Gasteiger charge is -2.13. The molecule has 0 fully saturated rings. The highest BCUT2D eigenvalue weighted by Crippen LogP contribution is 2.21. The molecule has 0 aliphatic carbocycles. The number of rotatable bonds is 30. The molecule has 0 saturated carbocycles. The van der Waals surface area contributed by atoms with E-state index in [2.05, 4.69) is 34.6 Å². The Kier molecular flexibility index (Phi) is 29.6. The Bertz CT molecular complexity index is 383. The lowest BCUT2D eigenvalue weighted by atomic mass is 9.93. The van der Waals surface area contributed by atoms with E-state index in [0.717, 1.165) is 17.8 Å². The van der Waals surface area contributed by atoms with E-state index in [0.29, 0.717) is 0 Å². The van der Waals surface area contributed by atoms with Crippen molar-refractivity contribution in [1.82, 2.24) is 0 Å². The first-order valence-electron chi connectivity index (χ1n) is 17.6. The number of unbranched alkanes of at least 4 members (excludes halogenated alkanes) is 20. The molecule has 0 spiro atoms. The van der Waals surface area contributed by atoms with Crippen LogP contribution in [0.5, 0.6) is 0 Å². The van der Waals surface area contributed by atoms with Crippen LogP contribution in [0.4, 0.5) is 0 Å². The van der Waals surface area contributed by atoms with Crippen LogP contribution in [-0.2, 0) is 0 Å². The van der Waals surface area contributed by atoms with Gasteiger partial charge >= 0.3 is 0 Å². The molecule has 0 heterocycles. The lowest BCUT2D eigenvalue weighted by molar-refractivity contribution is 0.407. The molecule has 218 valence electrons.